The van der Waals surface area contributed by atoms with Gasteiger partial charge in [-0.05, 0) is 76.1 Å². The van der Waals surface area contributed by atoms with Crippen molar-refractivity contribution in [3.8, 4) is 0 Å². The molecule has 9 rings (SSSR count). The van der Waals surface area contributed by atoms with Crippen LogP contribution in [0, 0.1) is 0 Å². The van der Waals surface area contributed by atoms with E-state index >= 15 is 0 Å². The van der Waals surface area contributed by atoms with E-state index in [-0.39, 0.29) is 0 Å². The highest BCUT2D eigenvalue weighted by Gasteiger charge is 2.22. The van der Waals surface area contributed by atoms with Gasteiger partial charge >= 0.3 is 0 Å². The van der Waals surface area contributed by atoms with Crippen LogP contribution in [0.2, 0.25) is 0 Å². The standard InChI is InChI=1S/C36H21N3O2/c1-2-8-25-22(7-1)14-15-23-21-24(16-17-26(23)25)39(29-10-5-12-31-34(29)35-32(40-31)13-6-20-37-35)33-19-18-28-27-9-3-4-11-30(27)41-36(28)38-33/h1-21H. The third-order valence-electron chi connectivity index (χ3n) is 7.92. The van der Waals surface area contributed by atoms with Gasteiger partial charge in [-0.2, -0.15) is 4.98 Å². The van der Waals surface area contributed by atoms with Crippen LogP contribution >= 0.6 is 0 Å². The molecule has 0 saturated carbocycles. The summed E-state index contributed by atoms with van der Waals surface area (Å²) >= 11 is 0. The van der Waals surface area contributed by atoms with Gasteiger partial charge in [0.25, 0.3) is 0 Å². The Hall–Kier alpha value is -5.68. The highest BCUT2D eigenvalue weighted by Crippen LogP contribution is 2.43. The quantitative estimate of drug-likeness (QED) is 0.214. The lowest BCUT2D eigenvalue weighted by Crippen LogP contribution is -2.12. The number of fused-ring (bicyclic) bond motifs is 9. The summed E-state index contributed by atoms with van der Waals surface area (Å²) in [5.41, 5.74) is 5.68. The van der Waals surface area contributed by atoms with Crippen LogP contribution in [0.4, 0.5) is 17.2 Å². The third-order valence-corrected chi connectivity index (χ3v) is 7.92. The SMILES string of the molecule is c1ccc2c(c1)ccc1cc(N(c3ccc4c(n3)oc3ccccc34)c3cccc4oc5cccnc5c34)ccc12. The van der Waals surface area contributed by atoms with Crippen molar-refractivity contribution in [2.24, 2.45) is 0 Å². The Morgan fingerprint density at radius 3 is 2.29 bits per heavy atom. The van der Waals surface area contributed by atoms with E-state index in [0.717, 1.165) is 61.0 Å². The fraction of sp³-hybridized carbons (Fsp3) is 0. The van der Waals surface area contributed by atoms with Crippen molar-refractivity contribution in [3.63, 3.8) is 0 Å². The molecule has 0 bridgehead atoms. The Labute approximate surface area is 233 Å². The minimum Gasteiger partial charge on any atom is -0.454 e. The number of furan rings is 2. The molecule has 0 aliphatic heterocycles. The van der Waals surface area contributed by atoms with Crippen LogP contribution in [0.5, 0.6) is 0 Å². The van der Waals surface area contributed by atoms with Crippen LogP contribution in [-0.2, 0) is 0 Å². The molecular weight excluding hydrogens is 506 g/mol. The Morgan fingerprint density at radius 2 is 1.32 bits per heavy atom. The molecule has 0 saturated heterocycles. The highest BCUT2D eigenvalue weighted by atomic mass is 16.3. The van der Waals surface area contributed by atoms with Gasteiger partial charge in [-0.1, -0.05) is 66.7 Å². The van der Waals surface area contributed by atoms with Crippen LogP contribution < -0.4 is 4.90 Å². The van der Waals surface area contributed by atoms with Gasteiger partial charge in [0.05, 0.1) is 11.1 Å². The summed E-state index contributed by atoms with van der Waals surface area (Å²) in [4.78, 5) is 12.0. The smallest absolute Gasteiger partial charge is 0.229 e. The topological polar surface area (TPSA) is 55.3 Å². The molecule has 0 aliphatic carbocycles. The summed E-state index contributed by atoms with van der Waals surface area (Å²) in [5, 5.41) is 7.80. The van der Waals surface area contributed by atoms with Crippen molar-refractivity contribution in [2.45, 2.75) is 0 Å². The molecule has 0 atom stereocenters. The van der Waals surface area contributed by atoms with Gasteiger partial charge in [-0.15, -0.1) is 0 Å². The fourth-order valence-electron chi connectivity index (χ4n) is 6.06. The van der Waals surface area contributed by atoms with E-state index in [1.807, 2.05) is 42.5 Å². The molecule has 4 aromatic heterocycles. The lowest BCUT2D eigenvalue weighted by atomic mass is 10.0. The Bertz CT molecular complexity index is 2450. The van der Waals surface area contributed by atoms with Crippen LogP contribution in [0.25, 0.3) is 65.7 Å². The summed E-state index contributed by atoms with van der Waals surface area (Å²) in [6.07, 6.45) is 1.80. The average molecular weight is 528 g/mol. The molecule has 0 unspecified atom stereocenters. The molecule has 5 nitrogen and oxygen atoms in total. The van der Waals surface area contributed by atoms with E-state index in [0.29, 0.717) is 5.71 Å². The van der Waals surface area contributed by atoms with Gasteiger partial charge in [0.2, 0.25) is 5.71 Å². The summed E-state index contributed by atoms with van der Waals surface area (Å²) < 4.78 is 12.4. The van der Waals surface area contributed by atoms with E-state index < -0.39 is 0 Å². The summed E-state index contributed by atoms with van der Waals surface area (Å²) in [6, 6.07) is 41.6. The highest BCUT2D eigenvalue weighted by molar-refractivity contribution is 6.13. The molecule has 9 aromatic rings. The van der Waals surface area contributed by atoms with Crippen LogP contribution in [0.15, 0.2) is 136 Å². The second-order valence-corrected chi connectivity index (χ2v) is 10.3. The van der Waals surface area contributed by atoms with Gasteiger partial charge in [0.15, 0.2) is 5.58 Å². The normalized spacial score (nSPS) is 11.9. The monoisotopic (exact) mass is 527 g/mol. The Morgan fingerprint density at radius 1 is 0.537 bits per heavy atom. The molecule has 0 amide bonds. The lowest BCUT2D eigenvalue weighted by Gasteiger charge is -2.25. The number of nitrogens with zero attached hydrogens (tertiary/aromatic N) is 3. The summed E-state index contributed by atoms with van der Waals surface area (Å²) in [6.45, 7) is 0. The minimum atomic E-state index is 0.600. The molecule has 0 aliphatic rings. The molecule has 0 radical (unpaired) electrons. The van der Waals surface area contributed by atoms with Crippen molar-refractivity contribution >= 4 is 82.9 Å². The number of hydrogen-bond acceptors (Lipinski definition) is 5. The van der Waals surface area contributed by atoms with E-state index in [4.69, 9.17) is 18.8 Å². The summed E-state index contributed by atoms with van der Waals surface area (Å²) in [7, 11) is 0. The Balaban J connectivity index is 1.34. The van der Waals surface area contributed by atoms with Gasteiger partial charge in [-0.25, -0.2) is 0 Å². The van der Waals surface area contributed by atoms with Crippen molar-refractivity contribution in [1.29, 1.82) is 0 Å². The number of benzene rings is 5. The Kier molecular flexibility index (Phi) is 4.55. The molecule has 5 aromatic carbocycles. The predicted octanol–water partition coefficient (Wildman–Crippen LogP) is 10.1. The number of hydrogen-bond donors (Lipinski definition) is 0. The lowest BCUT2D eigenvalue weighted by molar-refractivity contribution is 0.654. The maximum Gasteiger partial charge on any atom is 0.229 e. The molecular formula is C36H21N3O2. The molecule has 192 valence electrons. The number of aromatic nitrogens is 2. The van der Waals surface area contributed by atoms with Gasteiger partial charge in [0.1, 0.15) is 22.5 Å². The average Bonchev–Trinajstić information content (AvgIpc) is 3.59. The molecule has 41 heavy (non-hydrogen) atoms. The first-order chi connectivity index (χ1) is 20.3. The molecule has 0 spiro atoms. The first-order valence-corrected chi connectivity index (χ1v) is 13.6. The first kappa shape index (κ1) is 22.2. The minimum absolute atomic E-state index is 0.600. The first-order valence-electron chi connectivity index (χ1n) is 13.6. The van der Waals surface area contributed by atoms with Crippen molar-refractivity contribution < 1.29 is 8.83 Å². The van der Waals surface area contributed by atoms with Gasteiger partial charge in [0, 0.05) is 22.7 Å². The maximum absolute atomic E-state index is 6.22. The zero-order valence-corrected chi connectivity index (χ0v) is 21.8. The third kappa shape index (κ3) is 3.29. The zero-order chi connectivity index (χ0) is 26.9. The summed E-state index contributed by atoms with van der Waals surface area (Å²) in [5.74, 6) is 0.745. The second-order valence-electron chi connectivity index (χ2n) is 10.3. The number of rotatable bonds is 3. The van der Waals surface area contributed by atoms with E-state index in [1.165, 1.54) is 16.2 Å². The largest absolute Gasteiger partial charge is 0.454 e. The molecule has 0 N–H and O–H groups in total. The number of para-hydroxylation sites is 1. The van der Waals surface area contributed by atoms with Crippen LogP contribution in [0.3, 0.4) is 0 Å². The van der Waals surface area contributed by atoms with Crippen LogP contribution in [0.1, 0.15) is 0 Å². The van der Waals surface area contributed by atoms with Crippen molar-refractivity contribution in [1.82, 2.24) is 9.97 Å². The molecule has 0 fully saturated rings. The van der Waals surface area contributed by atoms with Crippen molar-refractivity contribution in [3.05, 3.63) is 128 Å². The zero-order valence-electron chi connectivity index (χ0n) is 21.8. The fourth-order valence-corrected chi connectivity index (χ4v) is 6.06. The van der Waals surface area contributed by atoms with Crippen molar-refractivity contribution in [2.75, 3.05) is 4.90 Å². The number of anilines is 3. The van der Waals surface area contributed by atoms with Gasteiger partial charge < -0.3 is 8.83 Å². The second kappa shape index (κ2) is 8.41. The predicted molar refractivity (Wildman–Crippen MR) is 166 cm³/mol. The molecule has 4 heterocycles. The van der Waals surface area contributed by atoms with E-state index in [1.54, 1.807) is 6.20 Å². The maximum atomic E-state index is 6.22. The van der Waals surface area contributed by atoms with Crippen LogP contribution in [-0.4, -0.2) is 9.97 Å². The van der Waals surface area contributed by atoms with Gasteiger partial charge in [-0.3, -0.25) is 9.88 Å². The van der Waals surface area contributed by atoms with E-state index in [2.05, 4.69) is 83.8 Å². The number of pyridine rings is 2. The van der Waals surface area contributed by atoms with E-state index in [9.17, 15) is 0 Å². The molecule has 5 heteroatoms.